The molecule has 9 heteroatoms. The number of methoxy groups -OCH3 is 1. The molecule has 1 unspecified atom stereocenters. The molecular formula is C22H29BrN4O3S. The Bertz CT molecular complexity index is 960. The number of unbranched alkanes of at least 4 members (excludes halogenated alkanes) is 2. The molecule has 0 bridgehead atoms. The van der Waals surface area contributed by atoms with Crippen LogP contribution >= 0.6 is 27.7 Å². The summed E-state index contributed by atoms with van der Waals surface area (Å²) in [6.45, 7) is 6.75. The smallest absolute Gasteiger partial charge is 0.338 e. The maximum absolute atomic E-state index is 12.8. The first-order chi connectivity index (χ1) is 15.0. The molecule has 1 N–H and O–H groups in total. The van der Waals surface area contributed by atoms with E-state index in [-0.39, 0.29) is 0 Å². The third kappa shape index (κ3) is 5.44. The summed E-state index contributed by atoms with van der Waals surface area (Å²) < 4.78 is 13.9. The Morgan fingerprint density at radius 2 is 2.06 bits per heavy atom. The molecule has 2 aromatic rings. The minimum atomic E-state index is -0.508. The number of hydrogen-bond acceptors (Lipinski definition) is 7. The number of thioether (sulfide) groups is 1. The number of anilines is 1. The summed E-state index contributed by atoms with van der Waals surface area (Å²) in [5, 5.41) is 8.65. The zero-order chi connectivity index (χ0) is 22.4. The SMILES string of the molecule is CCCCOc1ccc(Br)cc1C1C(C(=O)OC)=C(C)Nc2nc(SCCCC)nn21. The van der Waals surface area contributed by atoms with Gasteiger partial charge in [-0.15, -0.1) is 5.10 Å². The van der Waals surface area contributed by atoms with E-state index >= 15 is 0 Å². The maximum Gasteiger partial charge on any atom is 0.338 e. The molecule has 168 valence electrons. The zero-order valence-electron chi connectivity index (χ0n) is 18.4. The van der Waals surface area contributed by atoms with Crippen LogP contribution in [0, 0.1) is 0 Å². The lowest BCUT2D eigenvalue weighted by Crippen LogP contribution is -2.29. The van der Waals surface area contributed by atoms with Crippen molar-refractivity contribution in [2.45, 2.75) is 57.7 Å². The number of hydrogen-bond donors (Lipinski definition) is 1. The van der Waals surface area contributed by atoms with Gasteiger partial charge in [-0.3, -0.25) is 0 Å². The Kier molecular flexibility index (Phi) is 8.43. The second-order valence-corrected chi connectivity index (χ2v) is 9.28. The van der Waals surface area contributed by atoms with Crippen molar-refractivity contribution in [2.24, 2.45) is 0 Å². The van der Waals surface area contributed by atoms with E-state index in [1.165, 1.54) is 7.11 Å². The molecule has 1 aromatic carbocycles. The summed E-state index contributed by atoms with van der Waals surface area (Å²) >= 11 is 5.19. The summed E-state index contributed by atoms with van der Waals surface area (Å²) in [5.74, 6) is 1.87. The van der Waals surface area contributed by atoms with Gasteiger partial charge in [0.2, 0.25) is 11.1 Å². The molecule has 0 aliphatic carbocycles. The highest BCUT2D eigenvalue weighted by Crippen LogP contribution is 2.41. The van der Waals surface area contributed by atoms with Crippen LogP contribution in [0.15, 0.2) is 39.1 Å². The third-order valence-corrected chi connectivity index (χ3v) is 6.41. The highest BCUT2D eigenvalue weighted by atomic mass is 79.9. The molecule has 0 amide bonds. The molecule has 2 heterocycles. The standard InChI is InChI=1S/C22H29BrN4O3S/c1-5-7-11-30-17-10-9-15(23)13-16(17)19-18(20(28)29-4)14(3)24-21-25-22(26-27(19)21)31-12-8-6-2/h9-10,13,19H,5-8,11-12H2,1-4H3,(H,24,25,26). The topological polar surface area (TPSA) is 78.3 Å². The predicted molar refractivity (Wildman–Crippen MR) is 127 cm³/mol. The molecule has 1 aromatic heterocycles. The minimum absolute atomic E-state index is 0.407. The average molecular weight is 509 g/mol. The van der Waals surface area contributed by atoms with Gasteiger partial charge < -0.3 is 14.8 Å². The van der Waals surface area contributed by atoms with Gasteiger partial charge >= 0.3 is 5.97 Å². The molecule has 7 nitrogen and oxygen atoms in total. The molecule has 1 aliphatic heterocycles. The highest BCUT2D eigenvalue weighted by Gasteiger charge is 2.36. The lowest BCUT2D eigenvalue weighted by atomic mass is 9.95. The van der Waals surface area contributed by atoms with Crippen molar-refractivity contribution < 1.29 is 14.3 Å². The van der Waals surface area contributed by atoms with E-state index in [1.54, 1.807) is 16.4 Å². The lowest BCUT2D eigenvalue weighted by Gasteiger charge is -2.29. The van der Waals surface area contributed by atoms with Gasteiger partial charge in [-0.25, -0.2) is 9.48 Å². The molecule has 0 fully saturated rings. The third-order valence-electron chi connectivity index (χ3n) is 4.99. The Morgan fingerprint density at radius 1 is 1.29 bits per heavy atom. The van der Waals surface area contributed by atoms with Crippen molar-refractivity contribution in [3.63, 3.8) is 0 Å². The van der Waals surface area contributed by atoms with E-state index < -0.39 is 12.0 Å². The molecule has 0 saturated heterocycles. The fourth-order valence-corrected chi connectivity index (χ4v) is 4.64. The number of rotatable bonds is 10. The second kappa shape index (κ2) is 11.0. The maximum atomic E-state index is 12.8. The van der Waals surface area contributed by atoms with Crippen molar-refractivity contribution in [1.82, 2.24) is 14.8 Å². The number of ether oxygens (including phenoxy) is 2. The van der Waals surface area contributed by atoms with Crippen LogP contribution in [0.25, 0.3) is 0 Å². The number of carbonyl (C=O) groups excluding carboxylic acids is 1. The Morgan fingerprint density at radius 3 is 2.77 bits per heavy atom. The fraction of sp³-hybridized carbons (Fsp3) is 0.500. The van der Waals surface area contributed by atoms with Crippen LogP contribution in [0.1, 0.15) is 58.1 Å². The fourth-order valence-electron chi connectivity index (χ4n) is 3.35. The first kappa shape index (κ1) is 23.7. The molecule has 0 spiro atoms. The highest BCUT2D eigenvalue weighted by molar-refractivity contribution is 9.10. The van der Waals surface area contributed by atoms with Gasteiger partial charge in [0.15, 0.2) is 0 Å². The van der Waals surface area contributed by atoms with Crippen molar-refractivity contribution in [2.75, 3.05) is 24.8 Å². The van der Waals surface area contributed by atoms with Gasteiger partial charge in [0.05, 0.1) is 19.3 Å². The summed E-state index contributed by atoms with van der Waals surface area (Å²) in [4.78, 5) is 17.5. The van der Waals surface area contributed by atoms with Crippen LogP contribution in [0.3, 0.4) is 0 Å². The van der Waals surface area contributed by atoms with Crippen molar-refractivity contribution in [3.8, 4) is 5.75 Å². The molecule has 1 atom stereocenters. The molecule has 0 saturated carbocycles. The average Bonchev–Trinajstić information content (AvgIpc) is 3.15. The number of allylic oxidation sites excluding steroid dienone is 1. The number of fused-ring (bicyclic) bond motifs is 1. The normalized spacial score (nSPS) is 15.5. The van der Waals surface area contributed by atoms with Crippen LogP contribution in [-0.4, -0.2) is 40.2 Å². The van der Waals surface area contributed by atoms with Crippen LogP contribution in [0.4, 0.5) is 5.95 Å². The monoisotopic (exact) mass is 508 g/mol. The number of benzene rings is 1. The van der Waals surface area contributed by atoms with E-state index in [2.05, 4.69) is 40.1 Å². The molecule has 0 radical (unpaired) electrons. The van der Waals surface area contributed by atoms with Gasteiger partial charge in [-0.2, -0.15) is 4.98 Å². The minimum Gasteiger partial charge on any atom is -0.493 e. The molecular weight excluding hydrogens is 480 g/mol. The number of esters is 1. The first-order valence-electron chi connectivity index (χ1n) is 10.6. The van der Waals surface area contributed by atoms with Crippen LogP contribution in [0.2, 0.25) is 0 Å². The van der Waals surface area contributed by atoms with Crippen LogP contribution in [0.5, 0.6) is 5.75 Å². The van der Waals surface area contributed by atoms with Crippen molar-refractivity contribution in [3.05, 3.63) is 39.5 Å². The lowest BCUT2D eigenvalue weighted by molar-refractivity contribution is -0.136. The van der Waals surface area contributed by atoms with Crippen LogP contribution in [-0.2, 0) is 9.53 Å². The summed E-state index contributed by atoms with van der Waals surface area (Å²) in [5.41, 5.74) is 2.02. The Hall–Kier alpha value is -2.00. The van der Waals surface area contributed by atoms with E-state index in [9.17, 15) is 4.79 Å². The van der Waals surface area contributed by atoms with Gasteiger partial charge in [-0.05, 0) is 38.0 Å². The number of carbonyl (C=O) groups is 1. The Labute approximate surface area is 196 Å². The van der Waals surface area contributed by atoms with Gasteiger partial charge in [0.1, 0.15) is 11.8 Å². The Balaban J connectivity index is 2.09. The first-order valence-corrected chi connectivity index (χ1v) is 12.4. The predicted octanol–water partition coefficient (Wildman–Crippen LogP) is 5.57. The zero-order valence-corrected chi connectivity index (χ0v) is 20.8. The molecule has 31 heavy (non-hydrogen) atoms. The molecule has 1 aliphatic rings. The number of nitrogens with zero attached hydrogens (tertiary/aromatic N) is 3. The quantitative estimate of drug-likeness (QED) is 0.255. The van der Waals surface area contributed by atoms with E-state index in [0.717, 1.165) is 47.2 Å². The van der Waals surface area contributed by atoms with Gasteiger partial charge in [0.25, 0.3) is 0 Å². The second-order valence-electron chi connectivity index (χ2n) is 7.31. The number of nitrogens with one attached hydrogen (secondary N) is 1. The van der Waals surface area contributed by atoms with E-state index in [1.807, 2.05) is 25.1 Å². The van der Waals surface area contributed by atoms with E-state index in [0.29, 0.717) is 29.0 Å². The van der Waals surface area contributed by atoms with E-state index in [4.69, 9.17) is 14.6 Å². The number of halogens is 1. The van der Waals surface area contributed by atoms with Gasteiger partial charge in [0, 0.05) is 21.5 Å². The number of aromatic nitrogens is 3. The summed E-state index contributed by atoms with van der Waals surface area (Å²) in [6, 6.07) is 5.33. The van der Waals surface area contributed by atoms with Gasteiger partial charge in [-0.1, -0.05) is 54.4 Å². The van der Waals surface area contributed by atoms with Crippen LogP contribution < -0.4 is 10.1 Å². The van der Waals surface area contributed by atoms with Crippen molar-refractivity contribution >= 4 is 39.6 Å². The molecule has 3 rings (SSSR count). The van der Waals surface area contributed by atoms with Crippen molar-refractivity contribution in [1.29, 1.82) is 0 Å². The summed E-state index contributed by atoms with van der Waals surface area (Å²) in [6.07, 6.45) is 4.20. The largest absolute Gasteiger partial charge is 0.493 e. The summed E-state index contributed by atoms with van der Waals surface area (Å²) in [7, 11) is 1.39.